The van der Waals surface area contributed by atoms with Crippen LogP contribution in [0.5, 0.6) is 0 Å². The fraction of sp³-hybridized carbons (Fsp3) is 0.318. The van der Waals surface area contributed by atoms with Crippen LogP contribution in [0.4, 0.5) is 11.4 Å². The number of nitrogens with one attached hydrogen (secondary N) is 1. The first kappa shape index (κ1) is 19.6. The highest BCUT2D eigenvalue weighted by atomic mass is 16.2. The molecule has 0 fully saturated rings. The van der Waals surface area contributed by atoms with E-state index in [1.165, 1.54) is 0 Å². The molecule has 3 amide bonds. The van der Waals surface area contributed by atoms with E-state index in [1.54, 1.807) is 29.7 Å². The number of benzene rings is 2. The zero-order chi connectivity index (χ0) is 20.3. The van der Waals surface area contributed by atoms with Gasteiger partial charge in [-0.2, -0.15) is 0 Å². The molecule has 146 valence electrons. The molecule has 28 heavy (non-hydrogen) atoms. The highest BCUT2D eigenvalue weighted by Crippen LogP contribution is 2.29. The normalized spacial score (nSPS) is 12.5. The number of rotatable bonds is 5. The van der Waals surface area contributed by atoms with Crippen molar-refractivity contribution >= 4 is 29.1 Å². The minimum atomic E-state index is -0.206. The third-order valence-corrected chi connectivity index (χ3v) is 5.07. The molecule has 0 atom stereocenters. The molecule has 1 N–H and O–H groups in total. The van der Waals surface area contributed by atoms with E-state index in [0.29, 0.717) is 30.9 Å². The molecule has 1 aliphatic heterocycles. The predicted octanol–water partition coefficient (Wildman–Crippen LogP) is 3.22. The Hall–Kier alpha value is -3.15. The van der Waals surface area contributed by atoms with Gasteiger partial charge < -0.3 is 15.1 Å². The number of carbonyl (C=O) groups excluding carboxylic acids is 3. The maximum atomic E-state index is 12.8. The summed E-state index contributed by atoms with van der Waals surface area (Å²) in [6, 6.07) is 12.9. The molecular formula is C22H25N3O3. The van der Waals surface area contributed by atoms with Crippen LogP contribution in [-0.4, -0.2) is 35.7 Å². The van der Waals surface area contributed by atoms with Crippen molar-refractivity contribution in [2.24, 2.45) is 0 Å². The molecule has 0 saturated heterocycles. The zero-order valence-corrected chi connectivity index (χ0v) is 16.5. The van der Waals surface area contributed by atoms with Gasteiger partial charge in [-0.1, -0.05) is 18.2 Å². The number of amides is 3. The molecule has 3 rings (SSSR count). The van der Waals surface area contributed by atoms with Gasteiger partial charge in [0.05, 0.1) is 0 Å². The van der Waals surface area contributed by atoms with Crippen LogP contribution >= 0.6 is 0 Å². The highest BCUT2D eigenvalue weighted by Gasteiger charge is 2.23. The summed E-state index contributed by atoms with van der Waals surface area (Å²) in [6.45, 7) is 6.72. The predicted molar refractivity (Wildman–Crippen MR) is 109 cm³/mol. The molecule has 0 aliphatic carbocycles. The first-order valence-corrected chi connectivity index (χ1v) is 9.46. The molecule has 0 spiro atoms. The van der Waals surface area contributed by atoms with Crippen molar-refractivity contribution in [2.75, 3.05) is 23.3 Å². The van der Waals surface area contributed by atoms with Crippen molar-refractivity contribution in [1.82, 2.24) is 4.90 Å². The Morgan fingerprint density at radius 2 is 1.86 bits per heavy atom. The monoisotopic (exact) mass is 379 g/mol. The molecule has 0 unspecified atom stereocenters. The van der Waals surface area contributed by atoms with E-state index in [1.807, 2.05) is 43.3 Å². The van der Waals surface area contributed by atoms with Crippen LogP contribution in [-0.2, 0) is 22.6 Å². The van der Waals surface area contributed by atoms with Gasteiger partial charge in [0.2, 0.25) is 11.8 Å². The van der Waals surface area contributed by atoms with Crippen LogP contribution < -0.4 is 10.2 Å². The fourth-order valence-corrected chi connectivity index (χ4v) is 3.50. The summed E-state index contributed by atoms with van der Waals surface area (Å²) in [5.41, 5.74) is 4.02. The van der Waals surface area contributed by atoms with Crippen LogP contribution in [0.2, 0.25) is 0 Å². The van der Waals surface area contributed by atoms with Gasteiger partial charge >= 0.3 is 0 Å². The van der Waals surface area contributed by atoms with Crippen molar-refractivity contribution in [1.29, 1.82) is 0 Å². The van der Waals surface area contributed by atoms with E-state index in [-0.39, 0.29) is 17.7 Å². The lowest BCUT2D eigenvalue weighted by atomic mass is 10.1. The minimum absolute atomic E-state index is 0.00252. The van der Waals surface area contributed by atoms with E-state index < -0.39 is 0 Å². The molecule has 2 aromatic carbocycles. The molecular weight excluding hydrogens is 354 g/mol. The van der Waals surface area contributed by atoms with Crippen molar-refractivity contribution < 1.29 is 14.4 Å². The Morgan fingerprint density at radius 3 is 2.54 bits per heavy atom. The van der Waals surface area contributed by atoms with Gasteiger partial charge in [0.25, 0.3) is 5.91 Å². The number of carbonyl (C=O) groups is 3. The van der Waals surface area contributed by atoms with Crippen LogP contribution in [0.3, 0.4) is 0 Å². The lowest BCUT2D eigenvalue weighted by molar-refractivity contribution is -0.129. The molecule has 1 aliphatic rings. The largest absolute Gasteiger partial charge is 0.339 e. The van der Waals surface area contributed by atoms with Gasteiger partial charge in [-0.05, 0) is 48.7 Å². The maximum Gasteiger partial charge on any atom is 0.255 e. The van der Waals surface area contributed by atoms with E-state index in [9.17, 15) is 14.4 Å². The molecule has 6 nitrogen and oxygen atoms in total. The maximum absolute atomic E-state index is 12.8. The van der Waals surface area contributed by atoms with E-state index in [2.05, 4.69) is 5.32 Å². The standard InChI is InChI=1S/C22H25N3O3/c1-4-24(15(2)26)14-19-7-5-6-8-20(19)23-22(28)18-9-10-21-17(13-18)11-12-25(21)16(3)27/h5-10,13H,4,11-12,14H2,1-3H3,(H,23,28). The average molecular weight is 379 g/mol. The molecule has 0 saturated carbocycles. The van der Waals surface area contributed by atoms with E-state index in [0.717, 1.165) is 23.2 Å². The second kappa shape index (κ2) is 8.25. The SMILES string of the molecule is CCN(Cc1ccccc1NC(=O)c1ccc2c(c1)CCN2C(C)=O)C(C)=O. The quantitative estimate of drug-likeness (QED) is 0.867. The summed E-state index contributed by atoms with van der Waals surface area (Å²) in [7, 11) is 0. The second-order valence-corrected chi connectivity index (χ2v) is 6.91. The lowest BCUT2D eigenvalue weighted by Crippen LogP contribution is -2.28. The summed E-state index contributed by atoms with van der Waals surface area (Å²) in [4.78, 5) is 39.7. The Morgan fingerprint density at radius 1 is 1.11 bits per heavy atom. The van der Waals surface area contributed by atoms with Crippen molar-refractivity contribution in [2.45, 2.75) is 33.7 Å². The average Bonchev–Trinajstić information content (AvgIpc) is 3.10. The first-order chi connectivity index (χ1) is 13.4. The van der Waals surface area contributed by atoms with Gasteiger partial charge in [0.15, 0.2) is 0 Å². The van der Waals surface area contributed by atoms with Crippen LogP contribution in [0, 0.1) is 0 Å². The zero-order valence-electron chi connectivity index (χ0n) is 16.5. The number of fused-ring (bicyclic) bond motifs is 1. The molecule has 6 heteroatoms. The van der Waals surface area contributed by atoms with Crippen molar-refractivity contribution in [3.63, 3.8) is 0 Å². The Kier molecular flexibility index (Phi) is 5.78. The lowest BCUT2D eigenvalue weighted by Gasteiger charge is -2.21. The van der Waals surface area contributed by atoms with Gasteiger partial charge in [-0.15, -0.1) is 0 Å². The van der Waals surface area contributed by atoms with Crippen LogP contribution in [0.1, 0.15) is 42.3 Å². The highest BCUT2D eigenvalue weighted by molar-refractivity contribution is 6.05. The van der Waals surface area contributed by atoms with E-state index in [4.69, 9.17) is 0 Å². The van der Waals surface area contributed by atoms with E-state index >= 15 is 0 Å². The number of hydrogen-bond donors (Lipinski definition) is 1. The summed E-state index contributed by atoms with van der Waals surface area (Å²) in [5.74, 6) is -0.199. The third kappa shape index (κ3) is 4.06. The molecule has 1 heterocycles. The fourth-order valence-electron chi connectivity index (χ4n) is 3.50. The smallest absolute Gasteiger partial charge is 0.255 e. The molecule has 0 bridgehead atoms. The summed E-state index contributed by atoms with van der Waals surface area (Å²) in [5, 5.41) is 2.96. The van der Waals surface area contributed by atoms with Gasteiger partial charge in [-0.25, -0.2) is 0 Å². The number of nitrogens with zero attached hydrogens (tertiary/aromatic N) is 2. The van der Waals surface area contributed by atoms with Gasteiger partial charge in [0, 0.05) is 50.4 Å². The van der Waals surface area contributed by atoms with Gasteiger partial charge in [-0.3, -0.25) is 14.4 Å². The minimum Gasteiger partial charge on any atom is -0.339 e. The first-order valence-electron chi connectivity index (χ1n) is 9.46. The molecule has 0 aromatic heterocycles. The topological polar surface area (TPSA) is 69.7 Å². The summed E-state index contributed by atoms with van der Waals surface area (Å²) in [6.07, 6.45) is 0.747. The van der Waals surface area contributed by atoms with Crippen molar-refractivity contribution in [3.05, 3.63) is 59.2 Å². The van der Waals surface area contributed by atoms with Crippen LogP contribution in [0.25, 0.3) is 0 Å². The van der Waals surface area contributed by atoms with Gasteiger partial charge in [0.1, 0.15) is 0 Å². The number of anilines is 2. The Labute approximate surface area is 165 Å². The molecule has 0 radical (unpaired) electrons. The summed E-state index contributed by atoms with van der Waals surface area (Å²) >= 11 is 0. The third-order valence-electron chi connectivity index (χ3n) is 5.07. The summed E-state index contributed by atoms with van der Waals surface area (Å²) < 4.78 is 0. The Balaban J connectivity index is 1.79. The number of para-hydroxylation sites is 1. The Bertz CT molecular complexity index is 923. The number of hydrogen-bond acceptors (Lipinski definition) is 3. The van der Waals surface area contributed by atoms with Crippen LogP contribution in [0.15, 0.2) is 42.5 Å². The van der Waals surface area contributed by atoms with Crippen molar-refractivity contribution in [3.8, 4) is 0 Å². The second-order valence-electron chi connectivity index (χ2n) is 6.91. The molecule has 2 aromatic rings.